The Morgan fingerprint density at radius 1 is 1.14 bits per heavy atom. The van der Waals surface area contributed by atoms with Gasteiger partial charge >= 0.3 is 0 Å². The van der Waals surface area contributed by atoms with Crippen LogP contribution in [0.4, 0.5) is 11.4 Å². The van der Waals surface area contributed by atoms with E-state index in [1.807, 2.05) is 0 Å². The third kappa shape index (κ3) is 3.40. The van der Waals surface area contributed by atoms with Gasteiger partial charge in [0.2, 0.25) is 0 Å². The first kappa shape index (κ1) is 16.7. The van der Waals surface area contributed by atoms with Crippen LogP contribution in [0.2, 0.25) is 10.0 Å². The van der Waals surface area contributed by atoms with E-state index in [-0.39, 0.29) is 32.1 Å². The Balaban J connectivity index is 2.46. The molecule has 0 aliphatic rings. The van der Waals surface area contributed by atoms with Crippen molar-refractivity contribution in [3.05, 3.63) is 45.9 Å². The number of sulfonamides is 1. The monoisotopic (exact) mass is 360 g/mol. The summed E-state index contributed by atoms with van der Waals surface area (Å²) in [5, 5.41) is 0.336. The summed E-state index contributed by atoms with van der Waals surface area (Å²) in [6, 6.07) is 7.65. The van der Waals surface area contributed by atoms with Gasteiger partial charge in [0.1, 0.15) is 10.6 Å². The molecule has 0 aliphatic carbocycles. The number of ether oxygens (including phenoxy) is 1. The average Bonchev–Trinajstić information content (AvgIpc) is 2.44. The Morgan fingerprint density at radius 3 is 2.27 bits per heavy atom. The van der Waals surface area contributed by atoms with Gasteiger partial charge in [-0.25, -0.2) is 8.42 Å². The topological polar surface area (TPSA) is 81.4 Å². The molecule has 0 bridgehead atoms. The van der Waals surface area contributed by atoms with E-state index in [0.717, 1.165) is 5.56 Å². The summed E-state index contributed by atoms with van der Waals surface area (Å²) >= 11 is 11.8. The second-order valence-electron chi connectivity index (χ2n) is 4.61. The van der Waals surface area contributed by atoms with Crippen molar-refractivity contribution in [3.63, 3.8) is 0 Å². The summed E-state index contributed by atoms with van der Waals surface area (Å²) in [6.07, 6.45) is 0. The van der Waals surface area contributed by atoms with Crippen LogP contribution in [0.5, 0.6) is 5.75 Å². The van der Waals surface area contributed by atoms with Gasteiger partial charge in [0.15, 0.2) is 0 Å². The van der Waals surface area contributed by atoms with Crippen LogP contribution in [0.3, 0.4) is 0 Å². The molecule has 0 saturated carbocycles. The Kier molecular flexibility index (Phi) is 4.75. The number of nitrogens with two attached hydrogens (primary N) is 1. The molecule has 0 radical (unpaired) electrons. The number of anilines is 2. The fourth-order valence-corrected chi connectivity index (χ4v) is 3.63. The van der Waals surface area contributed by atoms with E-state index < -0.39 is 10.0 Å². The van der Waals surface area contributed by atoms with Crippen LogP contribution in [0.25, 0.3) is 0 Å². The lowest BCUT2D eigenvalue weighted by atomic mass is 10.2. The number of benzene rings is 2. The summed E-state index contributed by atoms with van der Waals surface area (Å²) in [4.78, 5) is 0.0269. The van der Waals surface area contributed by atoms with Crippen molar-refractivity contribution >= 4 is 44.6 Å². The molecule has 0 aromatic heterocycles. The van der Waals surface area contributed by atoms with E-state index in [0.29, 0.717) is 0 Å². The highest BCUT2D eigenvalue weighted by Crippen LogP contribution is 2.33. The van der Waals surface area contributed by atoms with Crippen LogP contribution in [0.15, 0.2) is 35.2 Å². The van der Waals surface area contributed by atoms with Crippen LogP contribution in [-0.4, -0.2) is 15.5 Å². The lowest BCUT2D eigenvalue weighted by Gasteiger charge is -2.13. The minimum atomic E-state index is -3.86. The van der Waals surface area contributed by atoms with Crippen LogP contribution < -0.4 is 15.2 Å². The predicted octanol–water partition coefficient (Wildman–Crippen LogP) is 3.69. The minimum absolute atomic E-state index is 0.0269. The molecule has 0 fully saturated rings. The maximum Gasteiger partial charge on any atom is 0.265 e. The number of nitrogen functional groups attached to an aromatic ring is 1. The van der Waals surface area contributed by atoms with Gasteiger partial charge in [0, 0.05) is 0 Å². The van der Waals surface area contributed by atoms with Crippen LogP contribution in [-0.2, 0) is 10.0 Å². The van der Waals surface area contributed by atoms with Gasteiger partial charge in [-0.05, 0) is 36.8 Å². The molecule has 0 unspecified atom stereocenters. The maximum absolute atomic E-state index is 12.5. The van der Waals surface area contributed by atoms with Crippen molar-refractivity contribution in [3.8, 4) is 5.75 Å². The normalized spacial score (nSPS) is 11.3. The first-order valence-electron chi connectivity index (χ1n) is 6.16. The van der Waals surface area contributed by atoms with E-state index in [9.17, 15) is 8.42 Å². The van der Waals surface area contributed by atoms with Crippen molar-refractivity contribution in [2.24, 2.45) is 0 Å². The van der Waals surface area contributed by atoms with Crippen LogP contribution in [0.1, 0.15) is 5.56 Å². The number of rotatable bonds is 4. The summed E-state index contributed by atoms with van der Waals surface area (Å²) in [7, 11) is -2.45. The fraction of sp³-hybridized carbons (Fsp3) is 0.143. The molecule has 2 aromatic rings. The molecule has 0 saturated heterocycles. The second kappa shape index (κ2) is 6.24. The van der Waals surface area contributed by atoms with Gasteiger partial charge in [-0.3, -0.25) is 4.72 Å². The zero-order chi connectivity index (χ0) is 16.5. The number of nitrogens with one attached hydrogen (secondary N) is 1. The van der Waals surface area contributed by atoms with Gasteiger partial charge in [-0.2, -0.15) is 0 Å². The Bertz CT molecular complexity index is 800. The molecule has 2 rings (SSSR count). The average molecular weight is 361 g/mol. The minimum Gasteiger partial charge on any atom is -0.495 e. The number of aryl methyl sites for hydroxylation is 1. The van der Waals surface area contributed by atoms with Crippen molar-refractivity contribution in [2.45, 2.75) is 11.8 Å². The molecule has 0 heterocycles. The van der Waals surface area contributed by atoms with Crippen molar-refractivity contribution in [2.75, 3.05) is 17.6 Å². The first-order chi connectivity index (χ1) is 10.2. The summed E-state index contributed by atoms with van der Waals surface area (Å²) < 4.78 is 32.6. The highest BCUT2D eigenvalue weighted by atomic mass is 35.5. The first-order valence-corrected chi connectivity index (χ1v) is 8.40. The van der Waals surface area contributed by atoms with E-state index in [4.69, 9.17) is 33.7 Å². The molecule has 22 heavy (non-hydrogen) atoms. The van der Waals surface area contributed by atoms with E-state index in [1.54, 1.807) is 19.1 Å². The van der Waals surface area contributed by atoms with Gasteiger partial charge in [0.25, 0.3) is 10.0 Å². The van der Waals surface area contributed by atoms with Crippen molar-refractivity contribution in [1.29, 1.82) is 0 Å². The van der Waals surface area contributed by atoms with Crippen LogP contribution in [0, 0.1) is 6.92 Å². The molecule has 0 aliphatic heterocycles. The Morgan fingerprint density at radius 2 is 1.73 bits per heavy atom. The SMILES string of the molecule is COc1ccc(C)cc1S(=O)(=O)Nc1cc(Cl)c(N)c(Cl)c1. The molecule has 8 heteroatoms. The third-order valence-electron chi connectivity index (χ3n) is 2.94. The van der Waals surface area contributed by atoms with Crippen molar-refractivity contribution < 1.29 is 13.2 Å². The quantitative estimate of drug-likeness (QED) is 0.814. The molecule has 2 aromatic carbocycles. The maximum atomic E-state index is 12.5. The molecule has 118 valence electrons. The van der Waals surface area contributed by atoms with Gasteiger partial charge in [-0.15, -0.1) is 0 Å². The number of hydrogen-bond acceptors (Lipinski definition) is 4. The lowest BCUT2D eigenvalue weighted by molar-refractivity contribution is 0.402. The number of halogens is 2. The van der Waals surface area contributed by atoms with E-state index >= 15 is 0 Å². The second-order valence-corrected chi connectivity index (χ2v) is 7.08. The predicted molar refractivity (Wildman–Crippen MR) is 89.4 cm³/mol. The highest BCUT2D eigenvalue weighted by Gasteiger charge is 2.20. The smallest absolute Gasteiger partial charge is 0.265 e. The highest BCUT2D eigenvalue weighted by molar-refractivity contribution is 7.92. The van der Waals surface area contributed by atoms with Gasteiger partial charge < -0.3 is 10.5 Å². The largest absolute Gasteiger partial charge is 0.495 e. The Labute approximate surface area is 139 Å². The molecule has 0 amide bonds. The van der Waals surface area contributed by atoms with Crippen LogP contribution >= 0.6 is 23.2 Å². The van der Waals surface area contributed by atoms with E-state index in [1.165, 1.54) is 25.3 Å². The lowest BCUT2D eigenvalue weighted by Crippen LogP contribution is -2.14. The molecular weight excluding hydrogens is 347 g/mol. The molecular formula is C14H14Cl2N2O3S. The third-order valence-corrected chi connectivity index (χ3v) is 4.97. The van der Waals surface area contributed by atoms with E-state index in [2.05, 4.69) is 4.72 Å². The Hall–Kier alpha value is -1.63. The molecule has 5 nitrogen and oxygen atoms in total. The summed E-state index contributed by atoms with van der Waals surface area (Å²) in [5.74, 6) is 0.241. The number of hydrogen-bond donors (Lipinski definition) is 2. The van der Waals surface area contributed by atoms with Gasteiger partial charge in [0.05, 0.1) is 28.5 Å². The number of methoxy groups -OCH3 is 1. The molecule has 0 atom stereocenters. The summed E-state index contributed by atoms with van der Waals surface area (Å²) in [5.41, 5.74) is 6.83. The summed E-state index contributed by atoms with van der Waals surface area (Å²) in [6.45, 7) is 1.79. The molecule has 3 N–H and O–H groups in total. The standard InChI is InChI=1S/C14H14Cl2N2O3S/c1-8-3-4-12(21-2)13(5-8)22(19,20)18-9-6-10(15)14(17)11(16)7-9/h3-7,18H,17H2,1-2H3. The zero-order valence-corrected chi connectivity index (χ0v) is 14.2. The zero-order valence-electron chi connectivity index (χ0n) is 11.9. The molecule has 0 spiro atoms. The van der Waals surface area contributed by atoms with Gasteiger partial charge in [-0.1, -0.05) is 29.3 Å². The van der Waals surface area contributed by atoms with Crippen molar-refractivity contribution in [1.82, 2.24) is 0 Å². The fourth-order valence-electron chi connectivity index (χ4n) is 1.85.